The summed E-state index contributed by atoms with van der Waals surface area (Å²) < 4.78 is 5.34. The van der Waals surface area contributed by atoms with Crippen LogP contribution in [0.1, 0.15) is 0 Å². The zero-order chi connectivity index (χ0) is 14.7. The first-order valence-corrected chi connectivity index (χ1v) is 6.64. The van der Waals surface area contributed by atoms with Crippen molar-refractivity contribution in [2.24, 2.45) is 0 Å². The van der Waals surface area contributed by atoms with Crippen LogP contribution in [0.15, 0.2) is 59.3 Å². The molecule has 0 saturated heterocycles. The van der Waals surface area contributed by atoms with E-state index in [4.69, 9.17) is 4.42 Å². The van der Waals surface area contributed by atoms with E-state index >= 15 is 0 Å². The smallest absolute Gasteiger partial charge is 0.227 e. The van der Waals surface area contributed by atoms with E-state index in [1.165, 1.54) is 0 Å². The second kappa shape index (κ2) is 5.66. The van der Waals surface area contributed by atoms with Crippen molar-refractivity contribution in [3.8, 4) is 11.5 Å². The van der Waals surface area contributed by atoms with Crippen LogP contribution < -0.4 is 10.2 Å². The number of anilines is 3. The topological polar surface area (TPSA) is 54.2 Å². The highest BCUT2D eigenvalue weighted by molar-refractivity contribution is 5.60. The molecule has 0 unspecified atom stereocenters. The van der Waals surface area contributed by atoms with Crippen LogP contribution in [0.2, 0.25) is 0 Å². The van der Waals surface area contributed by atoms with Gasteiger partial charge in [-0.1, -0.05) is 0 Å². The molecule has 0 fully saturated rings. The molecule has 106 valence electrons. The highest BCUT2D eigenvalue weighted by Crippen LogP contribution is 2.21. The molecular weight excluding hydrogens is 264 g/mol. The molecule has 0 bridgehead atoms. The van der Waals surface area contributed by atoms with E-state index in [2.05, 4.69) is 20.2 Å². The van der Waals surface area contributed by atoms with Gasteiger partial charge in [-0.15, -0.1) is 0 Å². The fourth-order valence-electron chi connectivity index (χ4n) is 1.95. The molecule has 5 nitrogen and oxygen atoms in total. The van der Waals surface area contributed by atoms with Gasteiger partial charge in [-0.2, -0.15) is 0 Å². The van der Waals surface area contributed by atoms with Crippen LogP contribution in [-0.2, 0) is 0 Å². The Morgan fingerprint density at radius 3 is 2.52 bits per heavy atom. The lowest BCUT2D eigenvalue weighted by Gasteiger charge is -2.13. The Bertz CT molecular complexity index is 705. The summed E-state index contributed by atoms with van der Waals surface area (Å²) >= 11 is 0. The molecule has 0 saturated carbocycles. The summed E-state index contributed by atoms with van der Waals surface area (Å²) in [5, 5.41) is 3.19. The summed E-state index contributed by atoms with van der Waals surface area (Å²) in [6, 6.07) is 13.6. The third-order valence-corrected chi connectivity index (χ3v) is 3.07. The van der Waals surface area contributed by atoms with Gasteiger partial charge in [0.2, 0.25) is 5.95 Å². The van der Waals surface area contributed by atoms with Crippen molar-refractivity contribution in [3.63, 3.8) is 0 Å². The van der Waals surface area contributed by atoms with Crippen molar-refractivity contribution in [2.45, 2.75) is 0 Å². The lowest BCUT2D eigenvalue weighted by Crippen LogP contribution is -2.08. The van der Waals surface area contributed by atoms with Gasteiger partial charge in [0.05, 0.1) is 6.26 Å². The van der Waals surface area contributed by atoms with E-state index in [9.17, 15) is 0 Å². The zero-order valence-electron chi connectivity index (χ0n) is 11.9. The number of hydrogen-bond donors (Lipinski definition) is 1. The van der Waals surface area contributed by atoms with Crippen molar-refractivity contribution >= 4 is 17.3 Å². The minimum absolute atomic E-state index is 0.543. The summed E-state index contributed by atoms with van der Waals surface area (Å²) in [7, 11) is 4.02. The third kappa shape index (κ3) is 3.02. The van der Waals surface area contributed by atoms with Crippen molar-refractivity contribution in [1.82, 2.24) is 9.97 Å². The fraction of sp³-hybridized carbons (Fsp3) is 0.125. The minimum Gasteiger partial charge on any atom is -0.463 e. The molecule has 2 aromatic heterocycles. The van der Waals surface area contributed by atoms with Crippen molar-refractivity contribution in [2.75, 3.05) is 24.3 Å². The molecule has 3 aromatic rings. The van der Waals surface area contributed by atoms with Crippen molar-refractivity contribution in [1.29, 1.82) is 0 Å². The molecule has 0 amide bonds. The number of benzene rings is 1. The van der Waals surface area contributed by atoms with E-state index in [0.29, 0.717) is 5.95 Å². The number of nitrogens with one attached hydrogen (secondary N) is 1. The van der Waals surface area contributed by atoms with Crippen molar-refractivity contribution in [3.05, 3.63) is 54.9 Å². The van der Waals surface area contributed by atoms with Gasteiger partial charge >= 0.3 is 0 Å². The fourth-order valence-corrected chi connectivity index (χ4v) is 1.95. The van der Waals surface area contributed by atoms with Crippen LogP contribution in [0.3, 0.4) is 0 Å². The molecule has 21 heavy (non-hydrogen) atoms. The van der Waals surface area contributed by atoms with Gasteiger partial charge in [-0.25, -0.2) is 9.97 Å². The Morgan fingerprint density at radius 1 is 1.05 bits per heavy atom. The largest absolute Gasteiger partial charge is 0.463 e. The number of nitrogens with zero attached hydrogens (tertiary/aromatic N) is 3. The van der Waals surface area contributed by atoms with Gasteiger partial charge in [-0.05, 0) is 42.5 Å². The number of furan rings is 1. The number of hydrogen-bond acceptors (Lipinski definition) is 5. The van der Waals surface area contributed by atoms with Gasteiger partial charge in [0.25, 0.3) is 0 Å². The molecule has 3 rings (SSSR count). The van der Waals surface area contributed by atoms with Crippen LogP contribution in [-0.4, -0.2) is 24.1 Å². The number of rotatable bonds is 4. The Hall–Kier alpha value is -2.82. The average molecular weight is 280 g/mol. The first-order chi connectivity index (χ1) is 10.2. The monoisotopic (exact) mass is 280 g/mol. The predicted molar refractivity (Wildman–Crippen MR) is 83.8 cm³/mol. The van der Waals surface area contributed by atoms with E-state index in [-0.39, 0.29) is 0 Å². The molecule has 0 aliphatic rings. The Morgan fingerprint density at radius 2 is 1.86 bits per heavy atom. The lowest BCUT2D eigenvalue weighted by atomic mass is 10.2. The molecule has 1 aromatic carbocycles. The Labute approximate surface area is 123 Å². The molecule has 0 spiro atoms. The van der Waals surface area contributed by atoms with E-state index in [1.807, 2.05) is 56.6 Å². The predicted octanol–water partition coefficient (Wildman–Crippen LogP) is 3.55. The molecule has 0 radical (unpaired) electrons. The van der Waals surface area contributed by atoms with Gasteiger partial charge in [0.15, 0.2) is 5.76 Å². The maximum Gasteiger partial charge on any atom is 0.227 e. The van der Waals surface area contributed by atoms with Crippen LogP contribution in [0, 0.1) is 0 Å². The normalized spacial score (nSPS) is 10.4. The molecule has 0 aliphatic heterocycles. The van der Waals surface area contributed by atoms with Gasteiger partial charge in [0, 0.05) is 31.7 Å². The standard InChI is InChI=1S/C16H16N4O/c1-20(2)13-7-5-12(6-8-13)18-16-17-10-9-14(19-16)15-4-3-11-21-15/h3-11H,1-2H3,(H,17,18,19). The van der Waals surface area contributed by atoms with Crippen molar-refractivity contribution < 1.29 is 4.42 Å². The van der Waals surface area contributed by atoms with Gasteiger partial charge in [0.1, 0.15) is 5.69 Å². The maximum atomic E-state index is 5.34. The average Bonchev–Trinajstić information content (AvgIpc) is 3.02. The third-order valence-electron chi connectivity index (χ3n) is 3.07. The SMILES string of the molecule is CN(C)c1ccc(Nc2nccc(-c3ccco3)n2)cc1. The summed E-state index contributed by atoms with van der Waals surface area (Å²) in [4.78, 5) is 10.7. The first-order valence-electron chi connectivity index (χ1n) is 6.64. The van der Waals surface area contributed by atoms with Crippen LogP contribution in [0.4, 0.5) is 17.3 Å². The number of aromatic nitrogens is 2. The second-order valence-corrected chi connectivity index (χ2v) is 4.81. The van der Waals surface area contributed by atoms with E-state index < -0.39 is 0 Å². The highest BCUT2D eigenvalue weighted by Gasteiger charge is 2.05. The minimum atomic E-state index is 0.543. The summed E-state index contributed by atoms with van der Waals surface area (Å²) in [5.74, 6) is 1.27. The van der Waals surface area contributed by atoms with E-state index in [1.54, 1.807) is 12.5 Å². The van der Waals surface area contributed by atoms with Crippen LogP contribution in [0.5, 0.6) is 0 Å². The van der Waals surface area contributed by atoms with Gasteiger partial charge in [-0.3, -0.25) is 0 Å². The summed E-state index contributed by atoms with van der Waals surface area (Å²) in [6.45, 7) is 0. The van der Waals surface area contributed by atoms with Gasteiger partial charge < -0.3 is 14.6 Å². The molecule has 0 atom stereocenters. The highest BCUT2D eigenvalue weighted by atomic mass is 16.3. The second-order valence-electron chi connectivity index (χ2n) is 4.81. The summed E-state index contributed by atoms with van der Waals surface area (Å²) in [6.07, 6.45) is 3.34. The molecular formula is C16H16N4O. The molecule has 0 aliphatic carbocycles. The summed E-state index contributed by atoms with van der Waals surface area (Å²) in [5.41, 5.74) is 2.84. The zero-order valence-corrected chi connectivity index (χ0v) is 11.9. The van der Waals surface area contributed by atoms with Crippen LogP contribution >= 0.6 is 0 Å². The Balaban J connectivity index is 1.80. The first kappa shape index (κ1) is 13.2. The quantitative estimate of drug-likeness (QED) is 0.792. The van der Waals surface area contributed by atoms with E-state index in [0.717, 1.165) is 22.8 Å². The molecule has 5 heteroatoms. The van der Waals surface area contributed by atoms with Crippen LogP contribution in [0.25, 0.3) is 11.5 Å². The lowest BCUT2D eigenvalue weighted by molar-refractivity contribution is 0.580. The maximum absolute atomic E-state index is 5.34. The molecule has 2 heterocycles. The Kier molecular flexibility index (Phi) is 3.55. The molecule has 1 N–H and O–H groups in total.